The van der Waals surface area contributed by atoms with E-state index in [4.69, 9.17) is 9.47 Å². The van der Waals surface area contributed by atoms with Crippen molar-refractivity contribution in [2.45, 2.75) is 20.0 Å². The molecule has 0 N–H and O–H groups in total. The molecule has 0 unspecified atom stereocenters. The van der Waals surface area contributed by atoms with Crippen molar-refractivity contribution in [3.05, 3.63) is 65.5 Å². The van der Waals surface area contributed by atoms with Crippen molar-refractivity contribution in [1.82, 2.24) is 9.88 Å². The average molecular weight is 352 g/mol. The minimum atomic E-state index is -0.529. The molecule has 0 bridgehead atoms. The summed E-state index contributed by atoms with van der Waals surface area (Å²) < 4.78 is 24.8. The number of carbonyl (C=O) groups is 1. The van der Waals surface area contributed by atoms with Crippen LogP contribution in [0.1, 0.15) is 18.1 Å². The van der Waals surface area contributed by atoms with Gasteiger partial charge in [0.15, 0.2) is 0 Å². The van der Waals surface area contributed by atoms with E-state index < -0.39 is 6.09 Å². The molecule has 0 radical (unpaired) electrons. The smallest absolute Gasteiger partial charge is 0.417 e. The summed E-state index contributed by atoms with van der Waals surface area (Å²) >= 11 is 0. The molecule has 0 saturated carbocycles. The molecule has 1 aliphatic rings. The van der Waals surface area contributed by atoms with Crippen LogP contribution in [0.2, 0.25) is 0 Å². The Hall–Kier alpha value is -3.15. The van der Waals surface area contributed by atoms with Crippen molar-refractivity contribution in [3.63, 3.8) is 0 Å². The lowest BCUT2D eigenvalue weighted by Crippen LogP contribution is -2.37. The van der Waals surface area contributed by atoms with Crippen molar-refractivity contribution >= 4 is 17.0 Å². The third-order valence-electron chi connectivity index (χ3n) is 4.26. The van der Waals surface area contributed by atoms with Crippen LogP contribution in [0.5, 0.6) is 11.6 Å². The van der Waals surface area contributed by atoms with Gasteiger partial charge in [-0.15, -0.1) is 0 Å². The molecule has 2 aromatic carbocycles. The second-order valence-electron chi connectivity index (χ2n) is 6.06. The van der Waals surface area contributed by atoms with E-state index in [0.29, 0.717) is 24.6 Å². The Bertz CT molecular complexity index is 990. The summed E-state index contributed by atoms with van der Waals surface area (Å²) in [5.41, 5.74) is 1.95. The molecule has 4 rings (SSSR count). The first-order valence-corrected chi connectivity index (χ1v) is 8.40. The zero-order valence-corrected chi connectivity index (χ0v) is 14.2. The third kappa shape index (κ3) is 3.06. The van der Waals surface area contributed by atoms with Gasteiger partial charge in [0.05, 0.1) is 25.2 Å². The molecule has 1 amide bonds. The first-order chi connectivity index (χ1) is 12.6. The van der Waals surface area contributed by atoms with Gasteiger partial charge in [-0.05, 0) is 37.3 Å². The van der Waals surface area contributed by atoms with Gasteiger partial charge in [-0.2, -0.15) is 0 Å². The number of pyridine rings is 1. The van der Waals surface area contributed by atoms with Crippen LogP contribution in [0.15, 0.2) is 48.5 Å². The van der Waals surface area contributed by atoms with E-state index in [1.165, 1.54) is 11.0 Å². The van der Waals surface area contributed by atoms with E-state index in [0.717, 1.165) is 22.2 Å². The summed E-state index contributed by atoms with van der Waals surface area (Å²) in [5, 5.41) is 0.901. The molecule has 1 aliphatic heterocycles. The summed E-state index contributed by atoms with van der Waals surface area (Å²) in [6, 6.07) is 13.9. The van der Waals surface area contributed by atoms with Crippen LogP contribution < -0.4 is 9.47 Å². The Kier molecular flexibility index (Phi) is 4.16. The summed E-state index contributed by atoms with van der Waals surface area (Å²) in [5.74, 6) is 0.721. The zero-order valence-electron chi connectivity index (χ0n) is 14.2. The quantitative estimate of drug-likeness (QED) is 0.703. The van der Waals surface area contributed by atoms with Gasteiger partial charge >= 0.3 is 6.09 Å². The van der Waals surface area contributed by atoms with Gasteiger partial charge in [-0.1, -0.05) is 18.2 Å². The van der Waals surface area contributed by atoms with Crippen molar-refractivity contribution in [2.24, 2.45) is 0 Å². The van der Waals surface area contributed by atoms with Crippen LogP contribution in [-0.2, 0) is 13.1 Å². The van der Waals surface area contributed by atoms with Crippen LogP contribution in [0.4, 0.5) is 9.18 Å². The van der Waals surface area contributed by atoms with E-state index >= 15 is 0 Å². The number of halogens is 1. The van der Waals surface area contributed by atoms with Crippen LogP contribution in [0, 0.1) is 5.82 Å². The third-order valence-corrected chi connectivity index (χ3v) is 4.26. The van der Waals surface area contributed by atoms with Crippen molar-refractivity contribution in [1.29, 1.82) is 0 Å². The molecule has 1 aromatic heterocycles. The molecule has 0 spiro atoms. The molecule has 0 fully saturated rings. The number of aromatic nitrogens is 1. The average Bonchev–Trinajstić information content (AvgIpc) is 2.63. The van der Waals surface area contributed by atoms with E-state index in [1.807, 2.05) is 31.2 Å². The van der Waals surface area contributed by atoms with Crippen molar-refractivity contribution in [2.75, 3.05) is 6.61 Å². The van der Waals surface area contributed by atoms with Gasteiger partial charge in [0.25, 0.3) is 0 Å². The Morgan fingerprint density at radius 2 is 2.08 bits per heavy atom. The lowest BCUT2D eigenvalue weighted by molar-refractivity contribution is 0.132. The van der Waals surface area contributed by atoms with Crippen LogP contribution in [0.3, 0.4) is 0 Å². The van der Waals surface area contributed by atoms with Crippen LogP contribution in [0.25, 0.3) is 10.9 Å². The van der Waals surface area contributed by atoms with Crippen LogP contribution >= 0.6 is 0 Å². The van der Waals surface area contributed by atoms with Crippen molar-refractivity contribution in [3.8, 4) is 11.6 Å². The standard InChI is InChI=1S/C20H17FN2O3/c1-2-25-16-7-8-18-14(10-16)9-15-12-23(20(24)26-19(15)22-18)11-13-5-3-4-6-17(13)21/h3-10H,2,11-12H2,1H3. The van der Waals surface area contributed by atoms with Gasteiger partial charge in [0.2, 0.25) is 5.88 Å². The molecule has 132 valence electrons. The molecule has 0 aliphatic carbocycles. The lowest BCUT2D eigenvalue weighted by Gasteiger charge is -2.27. The van der Waals surface area contributed by atoms with E-state index in [1.54, 1.807) is 18.2 Å². The fourth-order valence-electron chi connectivity index (χ4n) is 3.01. The maximum Gasteiger partial charge on any atom is 0.417 e. The van der Waals surface area contributed by atoms with Crippen molar-refractivity contribution < 1.29 is 18.7 Å². The highest BCUT2D eigenvalue weighted by Crippen LogP contribution is 2.30. The number of fused-ring (bicyclic) bond motifs is 2. The molecule has 0 atom stereocenters. The Labute approximate surface area is 150 Å². The predicted molar refractivity (Wildman–Crippen MR) is 94.6 cm³/mol. The highest BCUT2D eigenvalue weighted by Gasteiger charge is 2.27. The second kappa shape index (κ2) is 6.63. The van der Waals surface area contributed by atoms with Gasteiger partial charge in [0.1, 0.15) is 11.6 Å². The number of amides is 1. The Morgan fingerprint density at radius 3 is 2.88 bits per heavy atom. The highest BCUT2D eigenvalue weighted by atomic mass is 19.1. The first kappa shape index (κ1) is 16.3. The lowest BCUT2D eigenvalue weighted by atomic mass is 10.1. The fourth-order valence-corrected chi connectivity index (χ4v) is 3.01. The molecule has 5 nitrogen and oxygen atoms in total. The number of carbonyl (C=O) groups excluding carboxylic acids is 1. The van der Waals surface area contributed by atoms with E-state index in [9.17, 15) is 9.18 Å². The summed E-state index contributed by atoms with van der Waals surface area (Å²) in [7, 11) is 0. The summed E-state index contributed by atoms with van der Waals surface area (Å²) in [4.78, 5) is 18.2. The van der Waals surface area contributed by atoms with Gasteiger partial charge < -0.3 is 9.47 Å². The molecule has 2 heterocycles. The van der Waals surface area contributed by atoms with Crippen LogP contribution in [-0.4, -0.2) is 22.6 Å². The topological polar surface area (TPSA) is 51.7 Å². The van der Waals surface area contributed by atoms with E-state index in [2.05, 4.69) is 4.98 Å². The minimum Gasteiger partial charge on any atom is -0.494 e. The molecular formula is C20H17FN2O3. The molecule has 26 heavy (non-hydrogen) atoms. The van der Waals surface area contributed by atoms with E-state index in [-0.39, 0.29) is 12.4 Å². The number of benzene rings is 2. The Morgan fingerprint density at radius 1 is 1.23 bits per heavy atom. The maximum atomic E-state index is 13.9. The fraction of sp³-hybridized carbons (Fsp3) is 0.200. The summed E-state index contributed by atoms with van der Waals surface area (Å²) in [6.07, 6.45) is -0.529. The number of ether oxygens (including phenoxy) is 2. The SMILES string of the molecule is CCOc1ccc2nc3c(cc2c1)CN(Cc1ccccc1F)C(=O)O3. The number of nitrogens with zero attached hydrogens (tertiary/aromatic N) is 2. The normalized spacial score (nSPS) is 13.5. The first-order valence-electron chi connectivity index (χ1n) is 8.40. The number of hydrogen-bond donors (Lipinski definition) is 0. The second-order valence-corrected chi connectivity index (χ2v) is 6.06. The number of hydrogen-bond acceptors (Lipinski definition) is 4. The number of rotatable bonds is 4. The Balaban J connectivity index is 1.65. The summed E-state index contributed by atoms with van der Waals surface area (Å²) in [6.45, 7) is 2.96. The van der Waals surface area contributed by atoms with Gasteiger partial charge in [0, 0.05) is 16.5 Å². The molecular weight excluding hydrogens is 335 g/mol. The molecule has 0 saturated heterocycles. The minimum absolute atomic E-state index is 0.141. The molecule has 3 aromatic rings. The highest BCUT2D eigenvalue weighted by molar-refractivity contribution is 5.83. The molecule has 6 heteroatoms. The maximum absolute atomic E-state index is 13.9. The monoisotopic (exact) mass is 352 g/mol. The predicted octanol–water partition coefficient (Wildman–Crippen LogP) is 4.29. The zero-order chi connectivity index (χ0) is 18.1. The van der Waals surface area contributed by atoms with Gasteiger partial charge in [-0.25, -0.2) is 14.2 Å². The largest absolute Gasteiger partial charge is 0.494 e. The van der Waals surface area contributed by atoms with Gasteiger partial charge in [-0.3, -0.25) is 4.90 Å².